The highest BCUT2D eigenvalue weighted by Gasteiger charge is 2.05. The van der Waals surface area contributed by atoms with Gasteiger partial charge >= 0.3 is 0 Å². The second kappa shape index (κ2) is 3.47. The molecule has 0 saturated heterocycles. The number of nitro groups is 1. The minimum atomic E-state index is -2.73. The molecule has 1 N–H and O–H groups in total. The summed E-state index contributed by atoms with van der Waals surface area (Å²) in [5, 5.41) is 10.4. The highest BCUT2D eigenvalue weighted by Crippen LogP contribution is 2.15. The number of nitrogens with zero attached hydrogens (tertiary/aromatic N) is 1. The number of hydrogen-bond donors (Lipinski definition) is 1. The minimum Gasteiger partial charge on any atom is -0.343 e. The van der Waals surface area contributed by atoms with Crippen molar-refractivity contribution in [3.8, 4) is 0 Å². The zero-order valence-electron chi connectivity index (χ0n) is 5.93. The van der Waals surface area contributed by atoms with Gasteiger partial charge in [0.1, 0.15) is 0 Å². The Kier molecular flexibility index (Phi) is 2.58. The number of hydrogen-bond acceptors (Lipinski definition) is 3. The van der Waals surface area contributed by atoms with Gasteiger partial charge in [0.15, 0.2) is 0 Å². The van der Waals surface area contributed by atoms with E-state index in [4.69, 9.17) is 4.89 Å². The Bertz CT molecular complexity index is 288. The minimum absolute atomic E-state index is 0.0815. The first-order valence-corrected chi connectivity index (χ1v) is 4.44. The summed E-state index contributed by atoms with van der Waals surface area (Å²) in [4.78, 5) is 18.2. The van der Waals surface area contributed by atoms with Crippen LogP contribution in [0, 0.1) is 10.1 Å². The zero-order chi connectivity index (χ0) is 9.14. The second-order valence-electron chi connectivity index (χ2n) is 2.11. The molecular formula is C6H6NO4P. The highest BCUT2D eigenvalue weighted by atomic mass is 31.1. The highest BCUT2D eigenvalue weighted by molar-refractivity contribution is 7.47. The Labute approximate surface area is 68.7 Å². The molecule has 6 heteroatoms. The maximum absolute atomic E-state index is 10.5. The molecule has 64 valence electrons. The van der Waals surface area contributed by atoms with Gasteiger partial charge in [-0.3, -0.25) is 14.7 Å². The van der Waals surface area contributed by atoms with Crippen LogP contribution in [0.4, 0.5) is 5.69 Å². The van der Waals surface area contributed by atoms with Crippen LogP contribution in [0.25, 0.3) is 0 Å². The summed E-state index contributed by atoms with van der Waals surface area (Å²) in [6.45, 7) is 0. The first-order chi connectivity index (χ1) is 5.61. The average molecular weight is 187 g/mol. The third kappa shape index (κ3) is 1.90. The summed E-state index contributed by atoms with van der Waals surface area (Å²) < 4.78 is 10.5. The second-order valence-corrected chi connectivity index (χ2v) is 3.30. The lowest BCUT2D eigenvalue weighted by Gasteiger charge is -1.93. The van der Waals surface area contributed by atoms with E-state index in [1.807, 2.05) is 0 Å². The molecule has 0 aliphatic heterocycles. The zero-order valence-corrected chi connectivity index (χ0v) is 6.93. The van der Waals surface area contributed by atoms with Gasteiger partial charge in [-0.15, -0.1) is 0 Å². The molecule has 1 rings (SSSR count). The van der Waals surface area contributed by atoms with Gasteiger partial charge in [0.05, 0.1) is 4.92 Å². The van der Waals surface area contributed by atoms with Crippen LogP contribution in [-0.4, -0.2) is 9.82 Å². The van der Waals surface area contributed by atoms with Gasteiger partial charge in [0, 0.05) is 17.4 Å². The summed E-state index contributed by atoms with van der Waals surface area (Å²) in [6.07, 6.45) is 0. The Morgan fingerprint density at radius 2 is 1.83 bits per heavy atom. The molecule has 0 bridgehead atoms. The smallest absolute Gasteiger partial charge is 0.269 e. The van der Waals surface area contributed by atoms with Gasteiger partial charge in [0.25, 0.3) is 5.69 Å². The Morgan fingerprint density at radius 3 is 2.17 bits per heavy atom. The first-order valence-electron chi connectivity index (χ1n) is 3.09. The lowest BCUT2D eigenvalue weighted by molar-refractivity contribution is -0.384. The van der Waals surface area contributed by atoms with Crippen LogP contribution in [-0.2, 0) is 4.57 Å². The molecule has 1 atom stereocenters. The Morgan fingerprint density at radius 1 is 1.33 bits per heavy atom. The quantitative estimate of drug-likeness (QED) is 0.419. The monoisotopic (exact) mass is 187 g/mol. The van der Waals surface area contributed by atoms with Gasteiger partial charge in [-0.05, 0) is 12.1 Å². The molecule has 0 fully saturated rings. The van der Waals surface area contributed by atoms with Crippen LogP contribution in [0.2, 0.25) is 0 Å². The molecule has 0 aliphatic carbocycles. The molecular weight excluding hydrogens is 181 g/mol. The van der Waals surface area contributed by atoms with Gasteiger partial charge in [-0.1, -0.05) is 0 Å². The van der Waals surface area contributed by atoms with E-state index in [9.17, 15) is 14.7 Å². The van der Waals surface area contributed by atoms with Crippen molar-refractivity contribution in [2.75, 3.05) is 0 Å². The summed E-state index contributed by atoms with van der Waals surface area (Å²) in [6, 6.07) is 4.96. The number of benzene rings is 1. The normalized spacial score (nSPS) is 12.4. The maximum Gasteiger partial charge on any atom is 0.269 e. The molecule has 0 aromatic heterocycles. The molecule has 0 heterocycles. The van der Waals surface area contributed by atoms with E-state index in [0.29, 0.717) is 0 Å². The van der Waals surface area contributed by atoms with Crippen molar-refractivity contribution >= 4 is 19.0 Å². The number of nitro benzene ring substituents is 1. The fourth-order valence-corrected chi connectivity index (χ4v) is 1.18. The molecule has 0 aliphatic rings. The van der Waals surface area contributed by atoms with Crippen molar-refractivity contribution in [3.05, 3.63) is 34.4 Å². The van der Waals surface area contributed by atoms with Crippen molar-refractivity contribution in [2.45, 2.75) is 0 Å². The van der Waals surface area contributed by atoms with E-state index in [0.717, 1.165) is 0 Å². The van der Waals surface area contributed by atoms with Crippen LogP contribution in [0.1, 0.15) is 0 Å². The molecule has 5 nitrogen and oxygen atoms in total. The van der Waals surface area contributed by atoms with Crippen LogP contribution in [0.3, 0.4) is 0 Å². The van der Waals surface area contributed by atoms with Crippen LogP contribution < -0.4 is 5.30 Å². The van der Waals surface area contributed by atoms with Crippen molar-refractivity contribution in [3.63, 3.8) is 0 Å². The van der Waals surface area contributed by atoms with Gasteiger partial charge < -0.3 is 4.89 Å². The van der Waals surface area contributed by atoms with E-state index < -0.39 is 13.0 Å². The van der Waals surface area contributed by atoms with Crippen molar-refractivity contribution in [1.29, 1.82) is 0 Å². The van der Waals surface area contributed by atoms with Gasteiger partial charge in [0.2, 0.25) is 8.03 Å². The molecule has 0 amide bonds. The number of non-ortho nitro benzene ring substituents is 1. The Hall–Kier alpha value is -1.19. The predicted molar refractivity (Wildman–Crippen MR) is 44.0 cm³/mol. The SMILES string of the molecule is O=[N+]([O-])c1ccc([PH](=O)O)cc1. The standard InChI is InChI=1S/C6H6NO4P/c8-7(9)5-1-3-6(4-2-5)12(10)11/h1-4,12H,(H,10,11). The summed E-state index contributed by atoms with van der Waals surface area (Å²) in [5.41, 5.74) is -0.0815. The topological polar surface area (TPSA) is 80.4 Å². The fraction of sp³-hybridized carbons (Fsp3) is 0. The molecule has 0 saturated carbocycles. The van der Waals surface area contributed by atoms with E-state index in [-0.39, 0.29) is 11.0 Å². The molecule has 12 heavy (non-hydrogen) atoms. The molecule has 0 radical (unpaired) electrons. The lowest BCUT2D eigenvalue weighted by Crippen LogP contribution is -1.96. The van der Waals surface area contributed by atoms with E-state index in [2.05, 4.69) is 0 Å². The van der Waals surface area contributed by atoms with E-state index >= 15 is 0 Å². The largest absolute Gasteiger partial charge is 0.343 e. The average Bonchev–Trinajstić information content (AvgIpc) is 2.04. The molecule has 1 aromatic rings. The van der Waals surface area contributed by atoms with Crippen molar-refractivity contribution in [1.82, 2.24) is 0 Å². The van der Waals surface area contributed by atoms with Crippen LogP contribution in [0.5, 0.6) is 0 Å². The van der Waals surface area contributed by atoms with Gasteiger partial charge in [-0.2, -0.15) is 0 Å². The third-order valence-corrected chi connectivity index (χ3v) is 2.15. The molecule has 0 spiro atoms. The summed E-state index contributed by atoms with van der Waals surface area (Å²) >= 11 is 0. The lowest BCUT2D eigenvalue weighted by atomic mass is 10.3. The van der Waals surface area contributed by atoms with Crippen molar-refractivity contribution < 1.29 is 14.4 Å². The maximum atomic E-state index is 10.5. The van der Waals surface area contributed by atoms with E-state index in [1.165, 1.54) is 24.3 Å². The Balaban J connectivity index is 3.01. The van der Waals surface area contributed by atoms with Gasteiger partial charge in [-0.25, -0.2) is 0 Å². The van der Waals surface area contributed by atoms with Crippen LogP contribution in [0.15, 0.2) is 24.3 Å². The fourth-order valence-electron chi connectivity index (χ4n) is 0.726. The summed E-state index contributed by atoms with van der Waals surface area (Å²) in [7, 11) is -2.73. The van der Waals surface area contributed by atoms with E-state index in [1.54, 1.807) is 0 Å². The van der Waals surface area contributed by atoms with Crippen molar-refractivity contribution in [2.24, 2.45) is 0 Å². The summed E-state index contributed by atoms with van der Waals surface area (Å²) in [5.74, 6) is 0. The molecule has 1 unspecified atom stereocenters. The third-order valence-electron chi connectivity index (χ3n) is 1.33. The molecule has 1 aromatic carbocycles. The first kappa shape index (κ1) is 8.90. The predicted octanol–water partition coefficient (Wildman–Crippen LogP) is 0.687. The van der Waals surface area contributed by atoms with Crippen LogP contribution >= 0.6 is 8.03 Å². The number of rotatable bonds is 2.